The highest BCUT2D eigenvalue weighted by Gasteiger charge is 2.33. The number of ether oxygens (including phenoxy) is 2. The van der Waals surface area contributed by atoms with E-state index in [1.54, 1.807) is 19.2 Å². The summed E-state index contributed by atoms with van der Waals surface area (Å²) in [7, 11) is 2.77. The quantitative estimate of drug-likeness (QED) is 0.532. The lowest BCUT2D eigenvalue weighted by Gasteiger charge is -2.13. The van der Waals surface area contributed by atoms with E-state index < -0.39 is 11.7 Å². The second-order valence-electron chi connectivity index (χ2n) is 6.00. The Hall–Kier alpha value is -3.43. The summed E-state index contributed by atoms with van der Waals surface area (Å²) in [4.78, 5) is 8.57. The number of pyridine rings is 1. The molecule has 0 aliphatic heterocycles. The molecule has 0 spiro atoms. The van der Waals surface area contributed by atoms with Crippen LogP contribution >= 0.6 is 0 Å². The van der Waals surface area contributed by atoms with Gasteiger partial charge in [0.2, 0.25) is 0 Å². The molecule has 1 aromatic carbocycles. The summed E-state index contributed by atoms with van der Waals surface area (Å²) in [5.41, 5.74) is 0.838. The molecular weight excluding hydrogens is 375 g/mol. The van der Waals surface area contributed by atoms with Crippen molar-refractivity contribution in [2.24, 2.45) is 0 Å². The predicted octanol–water partition coefficient (Wildman–Crippen LogP) is 3.68. The third-order valence-electron chi connectivity index (χ3n) is 4.35. The first-order chi connectivity index (χ1) is 13.3. The summed E-state index contributed by atoms with van der Waals surface area (Å²) in [5, 5.41) is 8.20. The number of halogens is 3. The van der Waals surface area contributed by atoms with Crippen molar-refractivity contribution in [2.75, 3.05) is 14.2 Å². The molecule has 4 rings (SSSR count). The molecule has 0 saturated carbocycles. The molecule has 3 heterocycles. The van der Waals surface area contributed by atoms with Crippen LogP contribution in [0, 0.1) is 6.92 Å². The second-order valence-corrected chi connectivity index (χ2v) is 6.00. The van der Waals surface area contributed by atoms with E-state index in [1.165, 1.54) is 24.8 Å². The maximum Gasteiger partial charge on any atom is 0.416 e. The molecule has 10 heteroatoms. The van der Waals surface area contributed by atoms with Gasteiger partial charge in [-0.1, -0.05) is 0 Å². The molecule has 0 unspecified atom stereocenters. The van der Waals surface area contributed by atoms with E-state index in [9.17, 15) is 13.2 Å². The lowest BCUT2D eigenvalue weighted by atomic mass is 10.1. The molecule has 3 aromatic heterocycles. The van der Waals surface area contributed by atoms with Crippen LogP contribution in [0.5, 0.6) is 11.5 Å². The molecule has 0 N–H and O–H groups in total. The summed E-state index contributed by atoms with van der Waals surface area (Å²) in [6.07, 6.45) is -1.48. The van der Waals surface area contributed by atoms with Crippen molar-refractivity contribution in [3.63, 3.8) is 0 Å². The zero-order chi connectivity index (χ0) is 20.1. The van der Waals surface area contributed by atoms with E-state index in [0.717, 1.165) is 12.1 Å². The van der Waals surface area contributed by atoms with Crippen LogP contribution in [0.1, 0.15) is 11.3 Å². The van der Waals surface area contributed by atoms with Crippen LogP contribution in [0.25, 0.3) is 28.1 Å². The summed E-state index contributed by atoms with van der Waals surface area (Å²) in [6, 6.07) is 3.55. The predicted molar refractivity (Wildman–Crippen MR) is 94.4 cm³/mol. The van der Waals surface area contributed by atoms with Gasteiger partial charge in [-0.3, -0.25) is 9.38 Å². The molecule has 144 valence electrons. The van der Waals surface area contributed by atoms with Crippen molar-refractivity contribution in [1.82, 2.24) is 24.6 Å². The Morgan fingerprint density at radius 1 is 1.04 bits per heavy atom. The van der Waals surface area contributed by atoms with Gasteiger partial charge in [-0.2, -0.15) is 13.2 Å². The number of aryl methyl sites for hydroxylation is 1. The SMILES string of the molecule is COc1ccncc1-c1nc(C)c2nnc3c(OC)cc(C(F)(F)F)cc3n12. The summed E-state index contributed by atoms with van der Waals surface area (Å²) in [5.74, 6) is 0.791. The number of hydrogen-bond acceptors (Lipinski definition) is 6. The molecule has 0 atom stereocenters. The fourth-order valence-corrected chi connectivity index (χ4v) is 3.06. The van der Waals surface area contributed by atoms with Gasteiger partial charge in [0, 0.05) is 12.4 Å². The first-order valence-electron chi connectivity index (χ1n) is 8.14. The first kappa shape index (κ1) is 18.0. The van der Waals surface area contributed by atoms with Gasteiger partial charge in [-0.25, -0.2) is 4.98 Å². The van der Waals surface area contributed by atoms with Crippen LogP contribution in [-0.2, 0) is 6.18 Å². The lowest BCUT2D eigenvalue weighted by Crippen LogP contribution is -2.08. The van der Waals surface area contributed by atoms with Crippen molar-refractivity contribution >= 4 is 16.7 Å². The summed E-state index contributed by atoms with van der Waals surface area (Å²) >= 11 is 0. The molecule has 0 radical (unpaired) electrons. The third kappa shape index (κ3) is 2.68. The molecular formula is C18H14F3N5O2. The van der Waals surface area contributed by atoms with Gasteiger partial charge < -0.3 is 9.47 Å². The van der Waals surface area contributed by atoms with Crippen LogP contribution in [-0.4, -0.2) is 38.8 Å². The molecule has 0 saturated heterocycles. The number of fused-ring (bicyclic) bond motifs is 3. The van der Waals surface area contributed by atoms with Crippen molar-refractivity contribution in [2.45, 2.75) is 13.1 Å². The standard InChI is InChI=1S/C18H14F3N5O2/c1-9-16-25-24-15-12(6-10(18(19,20)21)7-14(15)28-3)26(16)17(23-9)11-8-22-5-4-13(11)27-2/h4-8H,1-3H3. The summed E-state index contributed by atoms with van der Waals surface area (Å²) in [6.45, 7) is 1.70. The van der Waals surface area contributed by atoms with E-state index >= 15 is 0 Å². The minimum Gasteiger partial charge on any atom is -0.496 e. The Balaban J connectivity index is 2.17. The largest absolute Gasteiger partial charge is 0.496 e. The first-order valence-corrected chi connectivity index (χ1v) is 8.14. The van der Waals surface area contributed by atoms with Gasteiger partial charge in [-0.15, -0.1) is 10.2 Å². The van der Waals surface area contributed by atoms with E-state index in [4.69, 9.17) is 9.47 Å². The van der Waals surface area contributed by atoms with Crippen molar-refractivity contribution in [1.29, 1.82) is 0 Å². The highest BCUT2D eigenvalue weighted by Crippen LogP contribution is 2.37. The smallest absolute Gasteiger partial charge is 0.416 e. The Bertz CT molecular complexity index is 1200. The van der Waals surface area contributed by atoms with Crippen LogP contribution < -0.4 is 9.47 Å². The highest BCUT2D eigenvalue weighted by atomic mass is 19.4. The van der Waals surface area contributed by atoms with E-state index in [1.807, 2.05) is 0 Å². The Morgan fingerprint density at radius 3 is 2.46 bits per heavy atom. The number of imidazole rings is 1. The van der Waals surface area contributed by atoms with Crippen LogP contribution in [0.4, 0.5) is 13.2 Å². The average Bonchev–Trinajstić information content (AvgIpc) is 3.03. The molecule has 0 aliphatic carbocycles. The average molecular weight is 389 g/mol. The minimum absolute atomic E-state index is 0.0327. The summed E-state index contributed by atoms with van der Waals surface area (Å²) < 4.78 is 52.3. The van der Waals surface area contributed by atoms with E-state index in [-0.39, 0.29) is 16.8 Å². The number of nitrogens with zero attached hydrogens (tertiary/aromatic N) is 5. The zero-order valence-electron chi connectivity index (χ0n) is 15.1. The van der Waals surface area contributed by atoms with Crippen molar-refractivity contribution in [3.05, 3.63) is 41.9 Å². The molecule has 0 bridgehead atoms. The zero-order valence-corrected chi connectivity index (χ0v) is 15.1. The van der Waals surface area contributed by atoms with Gasteiger partial charge in [0.05, 0.1) is 36.6 Å². The Kier molecular flexibility index (Phi) is 4.06. The maximum absolute atomic E-state index is 13.4. The number of hydrogen-bond donors (Lipinski definition) is 0. The highest BCUT2D eigenvalue weighted by molar-refractivity contribution is 5.86. The van der Waals surface area contributed by atoms with Gasteiger partial charge in [0.25, 0.3) is 0 Å². The molecule has 0 aliphatic rings. The van der Waals surface area contributed by atoms with Crippen molar-refractivity contribution in [3.8, 4) is 22.9 Å². The van der Waals surface area contributed by atoms with Gasteiger partial charge in [-0.05, 0) is 25.1 Å². The molecule has 7 nitrogen and oxygen atoms in total. The van der Waals surface area contributed by atoms with Crippen LogP contribution in [0.3, 0.4) is 0 Å². The number of rotatable bonds is 3. The van der Waals surface area contributed by atoms with Crippen molar-refractivity contribution < 1.29 is 22.6 Å². The van der Waals surface area contributed by atoms with E-state index in [0.29, 0.717) is 28.5 Å². The number of benzene rings is 1. The third-order valence-corrected chi connectivity index (χ3v) is 4.35. The lowest BCUT2D eigenvalue weighted by molar-refractivity contribution is -0.137. The van der Waals surface area contributed by atoms with Gasteiger partial charge in [0.15, 0.2) is 17.0 Å². The Labute approximate surface area is 156 Å². The van der Waals surface area contributed by atoms with Crippen LogP contribution in [0.2, 0.25) is 0 Å². The molecule has 28 heavy (non-hydrogen) atoms. The molecule has 4 aromatic rings. The fourth-order valence-electron chi connectivity index (χ4n) is 3.06. The number of aromatic nitrogens is 5. The Morgan fingerprint density at radius 2 is 1.79 bits per heavy atom. The van der Waals surface area contributed by atoms with Gasteiger partial charge in [0.1, 0.15) is 11.5 Å². The minimum atomic E-state index is -4.56. The maximum atomic E-state index is 13.4. The van der Waals surface area contributed by atoms with E-state index in [2.05, 4.69) is 20.2 Å². The normalized spacial score (nSPS) is 11.9. The van der Waals surface area contributed by atoms with Gasteiger partial charge >= 0.3 is 6.18 Å². The monoisotopic (exact) mass is 389 g/mol. The molecule has 0 amide bonds. The number of alkyl halides is 3. The number of methoxy groups -OCH3 is 2. The topological polar surface area (TPSA) is 74.4 Å². The fraction of sp³-hybridized carbons (Fsp3) is 0.222. The second kappa shape index (κ2) is 6.32. The van der Waals surface area contributed by atoms with Crippen LogP contribution in [0.15, 0.2) is 30.6 Å². The molecule has 0 fully saturated rings.